The van der Waals surface area contributed by atoms with Crippen LogP contribution in [0.1, 0.15) is 23.6 Å². The highest BCUT2D eigenvalue weighted by molar-refractivity contribution is 6.31. The highest BCUT2D eigenvalue weighted by Crippen LogP contribution is 2.45. The fourth-order valence-electron chi connectivity index (χ4n) is 4.35. The Morgan fingerprint density at radius 1 is 1.26 bits per heavy atom. The van der Waals surface area contributed by atoms with Gasteiger partial charge in [0.15, 0.2) is 0 Å². The van der Waals surface area contributed by atoms with Crippen LogP contribution in [0.5, 0.6) is 0 Å². The van der Waals surface area contributed by atoms with E-state index >= 15 is 0 Å². The molecule has 0 aliphatic carbocycles. The maximum Gasteiger partial charge on any atom is 0.272 e. The third-order valence-electron chi connectivity index (χ3n) is 5.57. The predicted octanol–water partition coefficient (Wildman–Crippen LogP) is 3.68. The van der Waals surface area contributed by atoms with E-state index in [2.05, 4.69) is 15.5 Å². The zero-order valence-electron chi connectivity index (χ0n) is 14.3. The second kappa shape index (κ2) is 6.32. The highest BCUT2D eigenvalue weighted by Gasteiger charge is 2.40. The normalized spacial score (nSPS) is 24.1. The van der Waals surface area contributed by atoms with Crippen LogP contribution < -0.4 is 10.9 Å². The lowest BCUT2D eigenvalue weighted by atomic mass is 9.77. The number of hydrogen-bond donors (Lipinski definition) is 2. The standard InChI is InChI=1S/C20H17ClFN3O2/c21-14-4-2-1-3-12(14)17-18(10-5-6-27-9-10)23-15-8-11(22)7-13-16(15)19(17)24-25-20(13)26/h1-4,7-8,10,17-18,23H,5-6,9H2,(H,25,26)/t10-,17+,18+/m1/s1. The van der Waals surface area contributed by atoms with Crippen LogP contribution >= 0.6 is 11.6 Å². The average molecular weight is 386 g/mol. The number of hydrogen-bond acceptors (Lipinski definition) is 4. The molecule has 0 spiro atoms. The lowest BCUT2D eigenvalue weighted by Gasteiger charge is -2.37. The van der Waals surface area contributed by atoms with Crippen LogP contribution in [0.4, 0.5) is 10.1 Å². The molecule has 1 aromatic heterocycles. The van der Waals surface area contributed by atoms with Gasteiger partial charge in [-0.15, -0.1) is 0 Å². The van der Waals surface area contributed by atoms with Gasteiger partial charge in [-0.25, -0.2) is 9.49 Å². The molecular weight excluding hydrogens is 369 g/mol. The van der Waals surface area contributed by atoms with Crippen LogP contribution in [0, 0.1) is 11.7 Å². The summed E-state index contributed by atoms with van der Waals surface area (Å²) in [5.41, 5.74) is 1.83. The Balaban J connectivity index is 1.80. The summed E-state index contributed by atoms with van der Waals surface area (Å²) in [7, 11) is 0. The third kappa shape index (κ3) is 2.63. The zero-order valence-corrected chi connectivity index (χ0v) is 15.1. The van der Waals surface area contributed by atoms with E-state index in [1.165, 1.54) is 12.1 Å². The van der Waals surface area contributed by atoms with Crippen molar-refractivity contribution in [3.05, 3.63) is 68.8 Å². The first-order chi connectivity index (χ1) is 13.1. The van der Waals surface area contributed by atoms with Gasteiger partial charge in [0.2, 0.25) is 0 Å². The first-order valence-corrected chi connectivity index (χ1v) is 9.32. The summed E-state index contributed by atoms with van der Waals surface area (Å²) in [4.78, 5) is 12.3. The average Bonchev–Trinajstić information content (AvgIpc) is 3.19. The van der Waals surface area contributed by atoms with Crippen molar-refractivity contribution in [2.75, 3.05) is 18.5 Å². The molecule has 5 rings (SSSR count). The van der Waals surface area contributed by atoms with E-state index in [0.29, 0.717) is 40.4 Å². The monoisotopic (exact) mass is 385 g/mol. The number of nitrogens with zero attached hydrogens (tertiary/aromatic N) is 1. The third-order valence-corrected chi connectivity index (χ3v) is 5.91. The number of nitrogens with one attached hydrogen (secondary N) is 2. The summed E-state index contributed by atoms with van der Waals surface area (Å²) in [5.74, 6) is -0.403. The minimum Gasteiger partial charge on any atom is -0.381 e. The molecule has 2 aromatic carbocycles. The fraction of sp³-hybridized carbons (Fsp3) is 0.300. The molecule has 0 bridgehead atoms. The van der Waals surface area contributed by atoms with Gasteiger partial charge in [0.25, 0.3) is 5.56 Å². The van der Waals surface area contributed by atoms with Crippen molar-refractivity contribution in [2.45, 2.75) is 18.4 Å². The first kappa shape index (κ1) is 16.7. The Hall–Kier alpha value is -2.44. The van der Waals surface area contributed by atoms with Gasteiger partial charge < -0.3 is 10.1 Å². The Morgan fingerprint density at radius 2 is 2.11 bits per heavy atom. The molecule has 1 saturated heterocycles. The van der Waals surface area contributed by atoms with Crippen molar-refractivity contribution in [1.29, 1.82) is 0 Å². The molecule has 2 N–H and O–H groups in total. The smallest absolute Gasteiger partial charge is 0.272 e. The number of benzene rings is 2. The minimum absolute atomic E-state index is 0.0664. The second-order valence-corrected chi connectivity index (χ2v) is 7.51. The van der Waals surface area contributed by atoms with Crippen LogP contribution in [0.25, 0.3) is 10.8 Å². The van der Waals surface area contributed by atoms with E-state index in [0.717, 1.165) is 12.0 Å². The number of halogens is 2. The molecule has 0 unspecified atom stereocenters. The highest BCUT2D eigenvalue weighted by atomic mass is 35.5. The van der Waals surface area contributed by atoms with Crippen molar-refractivity contribution in [3.8, 4) is 0 Å². The Kier molecular flexibility index (Phi) is 3.91. The summed E-state index contributed by atoms with van der Waals surface area (Å²) in [6, 6.07) is 10.3. The Morgan fingerprint density at radius 3 is 2.89 bits per heavy atom. The van der Waals surface area contributed by atoms with Crippen molar-refractivity contribution in [3.63, 3.8) is 0 Å². The fourth-order valence-corrected chi connectivity index (χ4v) is 4.61. The summed E-state index contributed by atoms with van der Waals surface area (Å²) < 4.78 is 19.8. The summed E-state index contributed by atoms with van der Waals surface area (Å²) >= 11 is 6.53. The maximum absolute atomic E-state index is 14.1. The van der Waals surface area contributed by atoms with Gasteiger partial charge in [-0.1, -0.05) is 29.8 Å². The van der Waals surface area contributed by atoms with Gasteiger partial charge in [0, 0.05) is 34.7 Å². The molecule has 1 fully saturated rings. The van der Waals surface area contributed by atoms with E-state index < -0.39 is 11.4 Å². The van der Waals surface area contributed by atoms with E-state index in [4.69, 9.17) is 16.3 Å². The molecule has 0 radical (unpaired) electrons. The molecule has 3 atom stereocenters. The number of anilines is 1. The van der Waals surface area contributed by atoms with Gasteiger partial charge in [-0.2, -0.15) is 5.10 Å². The molecule has 2 aliphatic rings. The Bertz CT molecular complexity index is 1090. The molecule has 0 amide bonds. The van der Waals surface area contributed by atoms with Crippen molar-refractivity contribution in [2.24, 2.45) is 5.92 Å². The van der Waals surface area contributed by atoms with E-state index in [9.17, 15) is 9.18 Å². The molecule has 0 saturated carbocycles. The first-order valence-electron chi connectivity index (χ1n) is 8.94. The molecule has 2 aliphatic heterocycles. The molecular formula is C20H17ClFN3O2. The van der Waals surface area contributed by atoms with Crippen LogP contribution in [0.2, 0.25) is 5.02 Å². The van der Waals surface area contributed by atoms with Crippen LogP contribution in [-0.2, 0) is 4.74 Å². The van der Waals surface area contributed by atoms with Gasteiger partial charge in [0.1, 0.15) is 5.82 Å². The molecule has 7 heteroatoms. The van der Waals surface area contributed by atoms with Crippen molar-refractivity contribution >= 4 is 28.1 Å². The van der Waals surface area contributed by atoms with Crippen molar-refractivity contribution in [1.82, 2.24) is 10.2 Å². The van der Waals surface area contributed by atoms with Crippen molar-refractivity contribution < 1.29 is 9.13 Å². The summed E-state index contributed by atoms with van der Waals surface area (Å²) in [5, 5.41) is 12.0. The van der Waals surface area contributed by atoms with E-state index in [1.54, 1.807) is 0 Å². The Labute approximate surface area is 159 Å². The lowest BCUT2D eigenvalue weighted by Crippen LogP contribution is -2.40. The zero-order chi connectivity index (χ0) is 18.5. The van der Waals surface area contributed by atoms with Gasteiger partial charge in [-0.3, -0.25) is 4.79 Å². The van der Waals surface area contributed by atoms with Gasteiger partial charge in [0.05, 0.1) is 23.6 Å². The molecule has 3 heterocycles. The topological polar surface area (TPSA) is 67.0 Å². The van der Waals surface area contributed by atoms with E-state index in [1.807, 2.05) is 24.3 Å². The number of H-pyrrole nitrogens is 1. The number of aromatic nitrogens is 2. The lowest BCUT2D eigenvalue weighted by molar-refractivity contribution is 0.180. The van der Waals surface area contributed by atoms with Gasteiger partial charge >= 0.3 is 0 Å². The molecule has 138 valence electrons. The van der Waals surface area contributed by atoms with Crippen LogP contribution in [0.3, 0.4) is 0 Å². The minimum atomic E-state index is -0.453. The number of ether oxygens (including phenoxy) is 1. The summed E-state index contributed by atoms with van der Waals surface area (Å²) in [6.07, 6.45) is 0.899. The SMILES string of the molecule is O=c1[nH]nc2c3c(cc(F)cc13)N[C@@H]([C@@H]1CCOC1)[C@@H]2c1ccccc1Cl. The predicted molar refractivity (Wildman–Crippen MR) is 102 cm³/mol. The van der Waals surface area contributed by atoms with Crippen LogP contribution in [0.15, 0.2) is 41.2 Å². The largest absolute Gasteiger partial charge is 0.381 e. The maximum atomic E-state index is 14.1. The molecule has 3 aromatic rings. The summed E-state index contributed by atoms with van der Waals surface area (Å²) in [6.45, 7) is 1.32. The van der Waals surface area contributed by atoms with Gasteiger partial charge in [-0.05, 0) is 30.2 Å². The van der Waals surface area contributed by atoms with Crippen LogP contribution in [-0.4, -0.2) is 29.5 Å². The molecule has 27 heavy (non-hydrogen) atoms. The molecule has 5 nitrogen and oxygen atoms in total. The number of aromatic amines is 1. The van der Waals surface area contributed by atoms with E-state index in [-0.39, 0.29) is 17.9 Å². The second-order valence-electron chi connectivity index (χ2n) is 7.11. The quantitative estimate of drug-likeness (QED) is 0.706. The number of rotatable bonds is 2.